The lowest BCUT2D eigenvalue weighted by molar-refractivity contribution is 0.589. The van der Waals surface area contributed by atoms with E-state index in [2.05, 4.69) is 9.97 Å². The molecule has 0 saturated heterocycles. The van der Waals surface area contributed by atoms with Gasteiger partial charge in [0.25, 0.3) is 10.0 Å². The Hall–Kier alpha value is -2.09. The SMILES string of the molecule is CCN1c2ccccc2-c2nc(SCc3ccccc3Cl)ncc2S1(=O)=O. The molecule has 0 radical (unpaired) electrons. The van der Waals surface area contributed by atoms with E-state index < -0.39 is 10.0 Å². The highest BCUT2D eigenvalue weighted by molar-refractivity contribution is 7.98. The highest BCUT2D eigenvalue weighted by Crippen LogP contribution is 2.42. The molecule has 0 amide bonds. The zero-order valence-corrected chi connectivity index (χ0v) is 16.9. The molecule has 0 atom stereocenters. The van der Waals surface area contributed by atoms with Crippen molar-refractivity contribution in [2.45, 2.75) is 22.7 Å². The van der Waals surface area contributed by atoms with E-state index >= 15 is 0 Å². The van der Waals surface area contributed by atoms with E-state index in [1.54, 1.807) is 6.07 Å². The zero-order chi connectivity index (χ0) is 19.0. The Morgan fingerprint density at radius 3 is 2.63 bits per heavy atom. The fourth-order valence-electron chi connectivity index (χ4n) is 3.04. The van der Waals surface area contributed by atoms with Crippen LogP contribution in [0.2, 0.25) is 5.02 Å². The Kier molecular flexibility index (Phi) is 4.84. The van der Waals surface area contributed by atoms with Gasteiger partial charge < -0.3 is 0 Å². The molecule has 0 spiro atoms. The average Bonchev–Trinajstić information content (AvgIpc) is 2.67. The second-order valence-corrected chi connectivity index (χ2v) is 9.11. The molecule has 3 aromatic rings. The summed E-state index contributed by atoms with van der Waals surface area (Å²) in [4.78, 5) is 8.99. The molecular formula is C19H16ClN3O2S2. The maximum atomic E-state index is 13.0. The van der Waals surface area contributed by atoms with Crippen LogP contribution in [-0.4, -0.2) is 24.9 Å². The fourth-order valence-corrected chi connectivity index (χ4v) is 5.73. The van der Waals surface area contributed by atoms with Crippen LogP contribution >= 0.6 is 23.4 Å². The molecule has 0 saturated carbocycles. The number of rotatable bonds is 4. The fraction of sp³-hybridized carbons (Fsp3) is 0.158. The molecule has 1 aliphatic heterocycles. The van der Waals surface area contributed by atoms with Crippen molar-refractivity contribution in [3.8, 4) is 11.3 Å². The first kappa shape index (κ1) is 18.3. The summed E-state index contributed by atoms with van der Waals surface area (Å²) < 4.78 is 27.3. The molecule has 2 aromatic carbocycles. The van der Waals surface area contributed by atoms with Crippen LogP contribution in [0.25, 0.3) is 11.3 Å². The van der Waals surface area contributed by atoms with E-state index in [-0.39, 0.29) is 4.90 Å². The number of para-hydroxylation sites is 1. The van der Waals surface area contributed by atoms with Gasteiger partial charge in [-0.2, -0.15) is 0 Å². The van der Waals surface area contributed by atoms with Crippen molar-refractivity contribution in [1.29, 1.82) is 0 Å². The minimum atomic E-state index is -3.66. The van der Waals surface area contributed by atoms with Crippen LogP contribution in [0.5, 0.6) is 0 Å². The highest BCUT2D eigenvalue weighted by atomic mass is 35.5. The van der Waals surface area contributed by atoms with Crippen molar-refractivity contribution >= 4 is 39.1 Å². The van der Waals surface area contributed by atoms with Gasteiger partial charge in [0.2, 0.25) is 0 Å². The molecule has 138 valence electrons. The second kappa shape index (κ2) is 7.14. The van der Waals surface area contributed by atoms with Crippen LogP contribution in [-0.2, 0) is 15.8 Å². The lowest BCUT2D eigenvalue weighted by Crippen LogP contribution is -2.34. The Bertz CT molecular complexity index is 1120. The van der Waals surface area contributed by atoms with Crippen molar-refractivity contribution in [3.63, 3.8) is 0 Å². The molecule has 0 fully saturated rings. The van der Waals surface area contributed by atoms with Gasteiger partial charge in [-0.05, 0) is 24.6 Å². The molecule has 0 bridgehead atoms. The average molecular weight is 418 g/mol. The largest absolute Gasteiger partial charge is 0.268 e. The van der Waals surface area contributed by atoms with Gasteiger partial charge in [-0.1, -0.05) is 59.8 Å². The summed E-state index contributed by atoms with van der Waals surface area (Å²) in [6.07, 6.45) is 1.41. The Balaban J connectivity index is 1.75. The molecule has 0 unspecified atom stereocenters. The van der Waals surface area contributed by atoms with Gasteiger partial charge in [0.1, 0.15) is 4.90 Å². The molecule has 5 nitrogen and oxygen atoms in total. The number of nitrogens with zero attached hydrogens (tertiary/aromatic N) is 3. The monoisotopic (exact) mass is 417 g/mol. The minimum Gasteiger partial charge on any atom is -0.266 e. The topological polar surface area (TPSA) is 63.2 Å². The predicted octanol–water partition coefficient (Wildman–Crippen LogP) is 4.62. The molecule has 27 heavy (non-hydrogen) atoms. The molecule has 1 aliphatic rings. The van der Waals surface area contributed by atoms with Gasteiger partial charge in [-0.25, -0.2) is 18.4 Å². The van der Waals surface area contributed by atoms with Crippen molar-refractivity contribution in [2.24, 2.45) is 0 Å². The lowest BCUT2D eigenvalue weighted by Gasteiger charge is -2.30. The first-order valence-electron chi connectivity index (χ1n) is 8.37. The highest BCUT2D eigenvalue weighted by Gasteiger charge is 2.35. The summed E-state index contributed by atoms with van der Waals surface area (Å²) in [5.41, 5.74) is 2.88. The number of thioether (sulfide) groups is 1. The molecular weight excluding hydrogens is 402 g/mol. The van der Waals surface area contributed by atoms with Gasteiger partial charge in [0.15, 0.2) is 5.16 Å². The predicted molar refractivity (Wildman–Crippen MR) is 109 cm³/mol. The van der Waals surface area contributed by atoms with E-state index in [0.29, 0.717) is 33.9 Å². The summed E-state index contributed by atoms with van der Waals surface area (Å²) in [6, 6.07) is 15.0. The van der Waals surface area contributed by atoms with E-state index in [1.807, 2.05) is 49.4 Å². The normalized spacial score (nSPS) is 14.5. The third-order valence-electron chi connectivity index (χ3n) is 4.33. The number of hydrogen-bond donors (Lipinski definition) is 0. The number of sulfonamides is 1. The number of benzene rings is 2. The summed E-state index contributed by atoms with van der Waals surface area (Å²) in [7, 11) is -3.66. The second-order valence-electron chi connectivity index (χ2n) is 5.93. The summed E-state index contributed by atoms with van der Waals surface area (Å²) in [5.74, 6) is 0.605. The van der Waals surface area contributed by atoms with Crippen molar-refractivity contribution in [2.75, 3.05) is 10.8 Å². The van der Waals surface area contributed by atoms with E-state index in [4.69, 9.17) is 11.6 Å². The zero-order valence-electron chi connectivity index (χ0n) is 14.5. The van der Waals surface area contributed by atoms with Crippen molar-refractivity contribution in [3.05, 3.63) is 65.3 Å². The van der Waals surface area contributed by atoms with Gasteiger partial charge in [-0.3, -0.25) is 4.31 Å². The smallest absolute Gasteiger partial charge is 0.266 e. The minimum absolute atomic E-state index is 0.144. The van der Waals surface area contributed by atoms with Crippen LogP contribution < -0.4 is 4.31 Å². The van der Waals surface area contributed by atoms with Crippen molar-refractivity contribution in [1.82, 2.24) is 9.97 Å². The first-order valence-corrected chi connectivity index (χ1v) is 11.2. The Morgan fingerprint density at radius 1 is 1.11 bits per heavy atom. The van der Waals surface area contributed by atoms with Gasteiger partial charge >= 0.3 is 0 Å². The van der Waals surface area contributed by atoms with Gasteiger partial charge in [-0.15, -0.1) is 0 Å². The Labute approximate surface area is 167 Å². The number of hydrogen-bond acceptors (Lipinski definition) is 5. The maximum Gasteiger partial charge on any atom is 0.268 e. The van der Waals surface area contributed by atoms with Gasteiger partial charge in [0, 0.05) is 22.9 Å². The van der Waals surface area contributed by atoms with E-state index in [9.17, 15) is 8.42 Å². The van der Waals surface area contributed by atoms with Gasteiger partial charge in [0.05, 0.1) is 17.6 Å². The number of halogens is 1. The quantitative estimate of drug-likeness (QED) is 0.458. The molecule has 2 heterocycles. The van der Waals surface area contributed by atoms with Crippen molar-refractivity contribution < 1.29 is 8.42 Å². The summed E-state index contributed by atoms with van der Waals surface area (Å²) in [5, 5.41) is 1.21. The van der Waals surface area contributed by atoms with Crippen LogP contribution in [0.3, 0.4) is 0 Å². The molecule has 1 aromatic heterocycles. The summed E-state index contributed by atoms with van der Waals surface area (Å²) in [6.45, 7) is 2.16. The number of aromatic nitrogens is 2. The molecule has 0 N–H and O–H groups in total. The van der Waals surface area contributed by atoms with E-state index in [1.165, 1.54) is 22.3 Å². The van der Waals surface area contributed by atoms with Crippen LogP contribution in [0.1, 0.15) is 12.5 Å². The number of fused-ring (bicyclic) bond motifs is 3. The molecule has 0 aliphatic carbocycles. The van der Waals surface area contributed by atoms with E-state index in [0.717, 1.165) is 11.1 Å². The van der Waals surface area contributed by atoms with Crippen LogP contribution in [0.15, 0.2) is 64.8 Å². The molecule has 8 heteroatoms. The first-order chi connectivity index (χ1) is 13.0. The molecule has 4 rings (SSSR count). The van der Waals surface area contributed by atoms with Crippen LogP contribution in [0, 0.1) is 0 Å². The lowest BCUT2D eigenvalue weighted by atomic mass is 10.1. The maximum absolute atomic E-state index is 13.0. The Morgan fingerprint density at radius 2 is 1.85 bits per heavy atom. The third-order valence-corrected chi connectivity index (χ3v) is 7.50. The van der Waals surface area contributed by atoms with Crippen LogP contribution in [0.4, 0.5) is 5.69 Å². The summed E-state index contributed by atoms with van der Waals surface area (Å²) >= 11 is 7.63. The third kappa shape index (κ3) is 3.20. The number of anilines is 1. The standard InChI is InChI=1S/C19H16ClN3O2S2/c1-2-23-16-10-6-4-8-14(16)18-17(27(23,24)25)11-21-19(22-18)26-12-13-7-3-5-9-15(13)20/h3-11H,2,12H2,1H3.